The average Bonchev–Trinajstić information content (AvgIpc) is 1.15. The van der Waals surface area contributed by atoms with Gasteiger partial charge in [-0.25, -0.2) is 0 Å². The maximum Gasteiger partial charge on any atom is 0.252 e. The number of aromatic nitrogens is 3. The van der Waals surface area contributed by atoms with Gasteiger partial charge in [-0.2, -0.15) is 0 Å². The summed E-state index contributed by atoms with van der Waals surface area (Å²) in [7, 11) is 0. The van der Waals surface area contributed by atoms with Crippen LogP contribution in [0.1, 0.15) is 274 Å². The maximum absolute atomic E-state index is 10.3. The minimum Gasteiger partial charge on any atom is -0.310 e. The Labute approximate surface area is 822 Å². The molecule has 2 aliphatic heterocycles. The summed E-state index contributed by atoms with van der Waals surface area (Å²) < 4.78 is 85.3. The van der Waals surface area contributed by atoms with Gasteiger partial charge >= 0.3 is 0 Å². The van der Waals surface area contributed by atoms with Gasteiger partial charge in [-0.05, 0) is 245 Å². The van der Waals surface area contributed by atoms with Gasteiger partial charge < -0.3 is 23.5 Å². The first-order chi connectivity index (χ1) is 67.1. The molecule has 0 saturated carbocycles. The Morgan fingerprint density at radius 1 is 0.213 bits per heavy atom. The summed E-state index contributed by atoms with van der Waals surface area (Å²) in [4.78, 5) is 5.26. The predicted octanol–water partition coefficient (Wildman–Crippen LogP) is 34.7. The number of hydrogen-bond donors (Lipinski definition) is 0. The molecule has 0 fully saturated rings. The number of hydrogen-bond acceptors (Lipinski definition) is 2. The molecule has 0 spiro atoms. The molecule has 3 aromatic heterocycles. The zero-order valence-electron chi connectivity index (χ0n) is 93.9. The molecule has 18 aromatic rings. The smallest absolute Gasteiger partial charge is 0.252 e. The minimum absolute atomic E-state index is 0.00146. The third-order valence-corrected chi connectivity index (χ3v) is 29.4. The van der Waals surface area contributed by atoms with Crippen molar-refractivity contribution in [2.75, 3.05) is 9.80 Å². The Hall–Kier alpha value is -12.6. The normalized spacial score (nSPS) is 14.6. The molecule has 2 aliphatic rings. The van der Waals surface area contributed by atoms with E-state index in [2.05, 4.69) is 463 Å². The summed E-state index contributed by atoms with van der Waals surface area (Å²) in [6.07, 6.45) is 0. The van der Waals surface area contributed by atoms with Gasteiger partial charge in [0, 0.05) is 88.7 Å². The molecule has 15 aromatic carbocycles. The van der Waals surface area contributed by atoms with E-state index in [-0.39, 0.29) is 82.6 Å². The van der Waals surface area contributed by atoms with Crippen molar-refractivity contribution in [3.8, 4) is 61.6 Å². The fraction of sp³-hybridized carbons (Fsp3) is 0.308. The summed E-state index contributed by atoms with van der Waals surface area (Å²) in [5.74, 6) is 0. The Bertz CT molecular complexity index is 8210. The van der Waals surface area contributed by atoms with Crippen LogP contribution in [0.3, 0.4) is 0 Å². The highest BCUT2D eigenvalue weighted by atomic mass is 15.2. The fourth-order valence-corrected chi connectivity index (χ4v) is 21.5. The summed E-state index contributed by atoms with van der Waals surface area (Å²) in [6.45, 7) is 68.7. The number of fused-ring (bicyclic) bond motifs is 13. The molecule has 136 heavy (non-hydrogen) atoms. The average molecular weight is 1790 g/mol. The first kappa shape index (κ1) is 81.7. The predicted molar refractivity (Wildman–Crippen MR) is 592 cm³/mol. The molecule has 5 heterocycles. The number of benzene rings is 15. The first-order valence-electron chi connectivity index (χ1n) is 53.2. The maximum atomic E-state index is 10.3. The van der Waals surface area contributed by atoms with Gasteiger partial charge in [0.2, 0.25) is 0 Å². The Morgan fingerprint density at radius 2 is 0.485 bits per heavy atom. The molecule has 0 saturated heterocycles. The molecule has 0 unspecified atom stereocenters. The molecule has 0 N–H and O–H groups in total. The van der Waals surface area contributed by atoms with Gasteiger partial charge in [-0.15, -0.1) is 0 Å². The van der Waals surface area contributed by atoms with Crippen LogP contribution in [0.2, 0.25) is 0 Å². The molecular weight excluding hydrogens is 1640 g/mol. The lowest BCUT2D eigenvalue weighted by atomic mass is 9.33. The molecular formula is C130H138BN5. The van der Waals surface area contributed by atoms with Gasteiger partial charge in [0.15, 0.2) is 0 Å². The van der Waals surface area contributed by atoms with E-state index in [0.717, 1.165) is 145 Å². The standard InChI is InChI=1S/C130H138BN5/c1-121(2,3)81-49-45-79(46-50-81)92-39-35-41-98(94-61-53-87(127(19,20)21)73-104(94)129(25,26)27)119(92)135-114-75-89(132-108-43-33-31-37-96(108)97-38-32-34-44-109(97)132)59-63-106(114)131-107-64-60-90(133-110-65-55-83(123(7,8)9)69-100(110)101-70-84(124(10,11)12)56-66-111(101)133)76-115(107)136(117-78-91(77-116(135)118(117)131)134-112-67-57-85(125(13,14)15)71-102(112)103-72-86(126(16,17)18)58-68-113(103)134)120-93(80-47-51-82(52-48-80)122(4,5)6)40-36-42-99(120)95-62-54-88(128(22,23)24)74-105(95)130(28,29)30/h31-78H,1-30H3/i31D,32D,33D,34D,37D,38D,43D,44D. The fourth-order valence-electron chi connectivity index (χ4n) is 21.5. The molecule has 0 radical (unpaired) electrons. The second-order valence-electron chi connectivity index (χ2n) is 49.4. The van der Waals surface area contributed by atoms with Gasteiger partial charge in [-0.1, -0.05) is 402 Å². The van der Waals surface area contributed by atoms with Crippen molar-refractivity contribution in [2.24, 2.45) is 0 Å². The van der Waals surface area contributed by atoms with Crippen molar-refractivity contribution in [3.63, 3.8) is 0 Å². The first-order valence-corrected chi connectivity index (χ1v) is 49.2. The molecule has 0 amide bonds. The largest absolute Gasteiger partial charge is 0.310 e. The lowest BCUT2D eigenvalue weighted by Gasteiger charge is -2.46. The van der Waals surface area contributed by atoms with Crippen LogP contribution in [-0.4, -0.2) is 20.4 Å². The third kappa shape index (κ3) is 15.4. The highest BCUT2D eigenvalue weighted by Crippen LogP contribution is 2.58. The van der Waals surface area contributed by atoms with Crippen molar-refractivity contribution in [1.29, 1.82) is 0 Å². The van der Waals surface area contributed by atoms with Crippen LogP contribution in [0.4, 0.5) is 34.1 Å². The SMILES string of the molecule is [2H]c1c([2H])c([2H])c2c(c1[2H])c1c([2H])c([2H])c([2H])c([2H])c1n2-c1ccc2c(c1)N(c1c(-c3ccc(C(C)(C)C)cc3)cccc1-c1ccc(C(C)(C)C)cc1C(C)(C)C)c1cc(-n3c4ccc(C(C)(C)C)cc4c4cc(C(C)(C)C)ccc43)cc3c1B2c1ccc(-n2c4ccc(C(C)(C)C)cc4c4cc(C(C)(C)C)ccc42)cc1N3c1c(-c2ccc(C(C)(C)C)cc2)cccc1-c1ccc(C(C)(C)C)cc1C(C)(C)C. The lowest BCUT2D eigenvalue weighted by molar-refractivity contribution is 0.569. The summed E-state index contributed by atoms with van der Waals surface area (Å²) in [5.41, 5.74) is 32.8. The topological polar surface area (TPSA) is 21.3 Å². The van der Waals surface area contributed by atoms with Crippen molar-refractivity contribution in [1.82, 2.24) is 13.7 Å². The summed E-state index contributed by atoms with van der Waals surface area (Å²) >= 11 is 0. The lowest BCUT2D eigenvalue weighted by Crippen LogP contribution is -2.61. The van der Waals surface area contributed by atoms with Gasteiger partial charge in [0.05, 0.1) is 61.1 Å². The zero-order chi connectivity index (χ0) is 104. The van der Waals surface area contributed by atoms with Crippen molar-refractivity contribution >= 4 is 123 Å². The van der Waals surface area contributed by atoms with Crippen LogP contribution < -0.4 is 26.2 Å². The third-order valence-electron chi connectivity index (χ3n) is 29.4. The monoisotopic (exact) mass is 1790 g/mol. The van der Waals surface area contributed by atoms with E-state index in [0.29, 0.717) is 5.69 Å². The Kier molecular flexibility index (Phi) is 18.9. The van der Waals surface area contributed by atoms with Crippen molar-refractivity contribution < 1.29 is 11.0 Å². The molecule has 0 bridgehead atoms. The van der Waals surface area contributed by atoms with E-state index in [4.69, 9.17) is 0 Å². The quantitative estimate of drug-likeness (QED) is 0.134. The van der Waals surface area contributed by atoms with Crippen LogP contribution in [0.25, 0.3) is 127 Å². The number of para-hydroxylation sites is 4. The minimum atomic E-state index is -0.628. The highest BCUT2D eigenvalue weighted by Gasteiger charge is 2.47. The van der Waals surface area contributed by atoms with E-state index in [1.54, 1.807) is 4.57 Å². The van der Waals surface area contributed by atoms with E-state index in [1.165, 1.54) is 60.8 Å². The molecule has 686 valence electrons. The zero-order valence-corrected chi connectivity index (χ0v) is 85.9. The Balaban J connectivity index is 1.06. The van der Waals surface area contributed by atoms with Gasteiger partial charge in [0.1, 0.15) is 0 Å². The van der Waals surface area contributed by atoms with E-state index in [1.807, 2.05) is 6.07 Å². The van der Waals surface area contributed by atoms with Gasteiger partial charge in [0.25, 0.3) is 6.71 Å². The van der Waals surface area contributed by atoms with Gasteiger partial charge in [-0.3, -0.25) is 0 Å². The van der Waals surface area contributed by atoms with Crippen molar-refractivity contribution in [2.45, 2.75) is 262 Å². The van der Waals surface area contributed by atoms with E-state index in [9.17, 15) is 11.0 Å². The van der Waals surface area contributed by atoms with Crippen molar-refractivity contribution in [3.05, 3.63) is 347 Å². The van der Waals surface area contributed by atoms with Crippen LogP contribution in [-0.2, 0) is 54.1 Å². The van der Waals surface area contributed by atoms with E-state index < -0.39 is 48.4 Å². The number of nitrogens with zero attached hydrogens (tertiary/aromatic N) is 5. The molecule has 20 rings (SSSR count). The highest BCUT2D eigenvalue weighted by molar-refractivity contribution is 7.00. The molecule has 6 heteroatoms. The molecule has 0 atom stereocenters. The molecule has 0 aliphatic carbocycles. The summed E-state index contributed by atoms with van der Waals surface area (Å²) in [5, 5.41) is 4.60. The molecule has 5 nitrogen and oxygen atoms in total. The summed E-state index contributed by atoms with van der Waals surface area (Å²) in [6, 6.07) is 90.6. The van der Waals surface area contributed by atoms with Crippen LogP contribution in [0.5, 0.6) is 0 Å². The number of rotatable bonds is 9. The number of anilines is 6. The second-order valence-corrected chi connectivity index (χ2v) is 49.4. The van der Waals surface area contributed by atoms with E-state index >= 15 is 0 Å². The van der Waals surface area contributed by atoms with Crippen LogP contribution in [0, 0.1) is 0 Å². The second kappa shape index (κ2) is 31.5. The van der Waals surface area contributed by atoms with Crippen LogP contribution >= 0.6 is 0 Å². The Morgan fingerprint density at radius 3 is 0.801 bits per heavy atom. The van der Waals surface area contributed by atoms with Crippen LogP contribution in [0.15, 0.2) is 291 Å².